The van der Waals surface area contributed by atoms with Crippen LogP contribution in [0.3, 0.4) is 0 Å². The van der Waals surface area contributed by atoms with E-state index in [0.717, 1.165) is 57.8 Å². The number of nitrogens with zero attached hydrogens (tertiary/aromatic N) is 3. The largest absolute Gasteiger partial charge is 0.379 e. The van der Waals surface area contributed by atoms with E-state index in [9.17, 15) is 0 Å². The summed E-state index contributed by atoms with van der Waals surface area (Å²) < 4.78 is 5.48. The Bertz CT molecular complexity index is 433. The molecule has 6 nitrogen and oxygen atoms in total. The Kier molecular flexibility index (Phi) is 12.9. The maximum Gasteiger partial charge on any atom is 0.191 e. The highest BCUT2D eigenvalue weighted by Crippen LogP contribution is 2.17. The standard InChI is InChI=1S/C21H43N5O.HI/c1-5-22-20(24-18-21(3,4)26-14-16-27-17-15-26)23-10-6-7-11-25-12-8-19(2)9-13-25;/h19H,5-18H2,1-4H3,(H2,22,23,24);1H. The van der Waals surface area contributed by atoms with Crippen molar-refractivity contribution in [1.29, 1.82) is 0 Å². The molecule has 0 saturated carbocycles. The molecule has 2 fully saturated rings. The molecule has 0 aromatic carbocycles. The SMILES string of the molecule is CCNC(=NCC(C)(C)N1CCOCC1)NCCCCN1CCC(C)CC1.I. The van der Waals surface area contributed by atoms with Gasteiger partial charge in [0.2, 0.25) is 0 Å². The van der Waals surface area contributed by atoms with Crippen LogP contribution in [-0.2, 0) is 4.74 Å². The Morgan fingerprint density at radius 2 is 1.75 bits per heavy atom. The van der Waals surface area contributed by atoms with Gasteiger partial charge in [-0.1, -0.05) is 6.92 Å². The van der Waals surface area contributed by atoms with E-state index in [2.05, 4.69) is 48.1 Å². The zero-order chi connectivity index (χ0) is 19.5. The van der Waals surface area contributed by atoms with Crippen LogP contribution in [0.4, 0.5) is 0 Å². The van der Waals surface area contributed by atoms with E-state index < -0.39 is 0 Å². The van der Waals surface area contributed by atoms with Crippen LogP contribution >= 0.6 is 24.0 Å². The monoisotopic (exact) mass is 509 g/mol. The number of halogens is 1. The first-order chi connectivity index (χ1) is 13.0. The zero-order valence-electron chi connectivity index (χ0n) is 18.6. The number of piperidine rings is 1. The molecule has 166 valence electrons. The van der Waals surface area contributed by atoms with E-state index >= 15 is 0 Å². The third kappa shape index (κ3) is 9.59. The van der Waals surface area contributed by atoms with Crippen molar-refractivity contribution in [2.45, 2.75) is 58.9 Å². The smallest absolute Gasteiger partial charge is 0.191 e. The zero-order valence-corrected chi connectivity index (χ0v) is 21.0. The summed E-state index contributed by atoms with van der Waals surface area (Å²) in [6, 6.07) is 0. The lowest BCUT2D eigenvalue weighted by molar-refractivity contribution is -0.00683. The molecular formula is C21H44IN5O. The van der Waals surface area contributed by atoms with Crippen LogP contribution in [0.2, 0.25) is 0 Å². The lowest BCUT2D eigenvalue weighted by Crippen LogP contribution is -2.52. The van der Waals surface area contributed by atoms with Gasteiger partial charge in [-0.05, 0) is 72.0 Å². The summed E-state index contributed by atoms with van der Waals surface area (Å²) in [5.41, 5.74) is 0.0670. The fraction of sp³-hybridized carbons (Fsp3) is 0.952. The first-order valence-electron chi connectivity index (χ1n) is 11.1. The van der Waals surface area contributed by atoms with E-state index in [4.69, 9.17) is 9.73 Å². The number of hydrogen-bond donors (Lipinski definition) is 2. The number of hydrogen-bond acceptors (Lipinski definition) is 4. The molecule has 28 heavy (non-hydrogen) atoms. The van der Waals surface area contributed by atoms with E-state index in [1.165, 1.54) is 45.3 Å². The highest BCUT2D eigenvalue weighted by atomic mass is 127. The molecule has 2 N–H and O–H groups in total. The molecule has 2 aliphatic rings. The lowest BCUT2D eigenvalue weighted by atomic mass is 9.99. The van der Waals surface area contributed by atoms with Crippen LogP contribution in [0.5, 0.6) is 0 Å². The summed E-state index contributed by atoms with van der Waals surface area (Å²) in [6.07, 6.45) is 5.20. The molecule has 0 bridgehead atoms. The van der Waals surface area contributed by atoms with Crippen LogP contribution < -0.4 is 10.6 Å². The third-order valence-corrected chi connectivity index (χ3v) is 5.91. The van der Waals surface area contributed by atoms with Crippen molar-refractivity contribution in [2.24, 2.45) is 10.9 Å². The van der Waals surface area contributed by atoms with E-state index in [1.807, 2.05) is 0 Å². The Labute approximate surface area is 190 Å². The van der Waals surface area contributed by atoms with Gasteiger partial charge in [-0.15, -0.1) is 24.0 Å². The molecule has 0 aromatic rings. The van der Waals surface area contributed by atoms with Crippen LogP contribution in [0.25, 0.3) is 0 Å². The lowest BCUT2D eigenvalue weighted by Gasteiger charge is -2.39. The minimum absolute atomic E-state index is 0. The Balaban J connectivity index is 0.00000392. The summed E-state index contributed by atoms with van der Waals surface area (Å²) in [5.74, 6) is 1.87. The van der Waals surface area contributed by atoms with Gasteiger partial charge in [0.05, 0.1) is 19.8 Å². The number of morpholine rings is 1. The highest BCUT2D eigenvalue weighted by molar-refractivity contribution is 14.0. The number of aliphatic imine (C=N–C) groups is 1. The predicted molar refractivity (Wildman–Crippen MR) is 130 cm³/mol. The maximum absolute atomic E-state index is 5.48. The third-order valence-electron chi connectivity index (χ3n) is 5.91. The van der Waals surface area contributed by atoms with Crippen LogP contribution in [0.1, 0.15) is 53.4 Å². The molecule has 0 aliphatic carbocycles. The highest BCUT2D eigenvalue weighted by Gasteiger charge is 2.28. The molecule has 2 saturated heterocycles. The second-order valence-electron chi connectivity index (χ2n) is 8.77. The van der Waals surface area contributed by atoms with Crippen molar-refractivity contribution < 1.29 is 4.74 Å². The molecule has 0 spiro atoms. The summed E-state index contributed by atoms with van der Waals surface area (Å²) in [6.45, 7) is 19.3. The molecule has 7 heteroatoms. The minimum Gasteiger partial charge on any atom is -0.379 e. The number of unbranched alkanes of at least 4 members (excludes halogenated alkanes) is 1. The second kappa shape index (κ2) is 14.0. The molecule has 2 heterocycles. The molecule has 0 aromatic heterocycles. The summed E-state index contributed by atoms with van der Waals surface area (Å²) >= 11 is 0. The fourth-order valence-electron chi connectivity index (χ4n) is 3.84. The number of likely N-dealkylation sites (tertiary alicyclic amines) is 1. The normalized spacial score (nSPS) is 20.6. The fourth-order valence-corrected chi connectivity index (χ4v) is 3.84. The first kappa shape index (κ1) is 25.9. The Morgan fingerprint density at radius 1 is 1.07 bits per heavy atom. The quantitative estimate of drug-likeness (QED) is 0.217. The van der Waals surface area contributed by atoms with E-state index in [0.29, 0.717) is 0 Å². The van der Waals surface area contributed by atoms with Gasteiger partial charge in [-0.25, -0.2) is 0 Å². The number of ether oxygens (including phenoxy) is 1. The molecule has 2 rings (SSSR count). The minimum atomic E-state index is 0. The van der Waals surface area contributed by atoms with E-state index in [1.54, 1.807) is 0 Å². The summed E-state index contributed by atoms with van der Waals surface area (Å²) in [7, 11) is 0. The van der Waals surface area contributed by atoms with Crippen molar-refractivity contribution in [3.05, 3.63) is 0 Å². The van der Waals surface area contributed by atoms with E-state index in [-0.39, 0.29) is 29.5 Å². The number of guanidine groups is 1. The van der Waals surface area contributed by atoms with Crippen molar-refractivity contribution in [3.63, 3.8) is 0 Å². The number of nitrogens with one attached hydrogen (secondary N) is 2. The average Bonchev–Trinajstić information content (AvgIpc) is 2.68. The molecule has 0 atom stereocenters. The van der Waals surface area contributed by atoms with Crippen molar-refractivity contribution in [3.8, 4) is 0 Å². The van der Waals surface area contributed by atoms with Gasteiger partial charge < -0.3 is 20.3 Å². The Morgan fingerprint density at radius 3 is 2.39 bits per heavy atom. The summed E-state index contributed by atoms with van der Waals surface area (Å²) in [5, 5.41) is 6.91. The predicted octanol–water partition coefficient (Wildman–Crippen LogP) is 2.78. The average molecular weight is 510 g/mol. The molecule has 2 aliphatic heterocycles. The first-order valence-corrected chi connectivity index (χ1v) is 11.1. The molecular weight excluding hydrogens is 465 g/mol. The van der Waals surface area contributed by atoms with Gasteiger partial charge in [-0.3, -0.25) is 9.89 Å². The van der Waals surface area contributed by atoms with Gasteiger partial charge in [0, 0.05) is 31.7 Å². The van der Waals surface area contributed by atoms with Crippen molar-refractivity contribution >= 4 is 29.9 Å². The van der Waals surface area contributed by atoms with Gasteiger partial charge >= 0.3 is 0 Å². The Hall–Kier alpha value is -0.120. The van der Waals surface area contributed by atoms with Gasteiger partial charge in [0.1, 0.15) is 0 Å². The van der Waals surface area contributed by atoms with Crippen LogP contribution in [-0.4, -0.2) is 86.9 Å². The number of rotatable bonds is 9. The summed E-state index contributed by atoms with van der Waals surface area (Å²) in [4.78, 5) is 9.98. The maximum atomic E-state index is 5.48. The molecule has 0 unspecified atom stereocenters. The van der Waals surface area contributed by atoms with Gasteiger partial charge in [-0.2, -0.15) is 0 Å². The van der Waals surface area contributed by atoms with Crippen LogP contribution in [0, 0.1) is 5.92 Å². The topological polar surface area (TPSA) is 52.1 Å². The van der Waals surface area contributed by atoms with Crippen molar-refractivity contribution in [1.82, 2.24) is 20.4 Å². The second-order valence-corrected chi connectivity index (χ2v) is 8.77. The van der Waals surface area contributed by atoms with Gasteiger partial charge in [0.15, 0.2) is 5.96 Å². The molecule has 0 amide bonds. The van der Waals surface area contributed by atoms with Gasteiger partial charge in [0.25, 0.3) is 0 Å². The van der Waals surface area contributed by atoms with Crippen molar-refractivity contribution in [2.75, 3.05) is 65.6 Å². The van der Waals surface area contributed by atoms with Crippen LogP contribution in [0.15, 0.2) is 4.99 Å². The molecule has 0 radical (unpaired) electrons.